The van der Waals surface area contributed by atoms with Crippen LogP contribution in [0.1, 0.15) is 57.2 Å². The molecule has 0 heterocycles. The number of rotatable bonds is 4. The van der Waals surface area contributed by atoms with Crippen LogP contribution in [0.3, 0.4) is 0 Å². The first-order valence-corrected chi connectivity index (χ1v) is 7.90. The van der Waals surface area contributed by atoms with Crippen molar-refractivity contribution >= 4 is 0 Å². The van der Waals surface area contributed by atoms with Crippen LogP contribution in [-0.2, 0) is 11.2 Å². The van der Waals surface area contributed by atoms with E-state index in [1.165, 1.54) is 30.4 Å². The molecule has 0 fully saturated rings. The summed E-state index contributed by atoms with van der Waals surface area (Å²) >= 11 is 0. The normalized spacial score (nSPS) is 23.2. The van der Waals surface area contributed by atoms with Gasteiger partial charge in [0.1, 0.15) is 0 Å². The monoisotopic (exact) mass is 275 g/mol. The molecule has 0 amide bonds. The molecule has 2 rings (SSSR count). The number of hydrogen-bond acceptors (Lipinski definition) is 2. The Kier molecular flexibility index (Phi) is 5.22. The molecular formula is C18H29NO. The molecule has 2 unspecified atom stereocenters. The Morgan fingerprint density at radius 2 is 2.00 bits per heavy atom. The number of benzene rings is 1. The van der Waals surface area contributed by atoms with Crippen LogP contribution >= 0.6 is 0 Å². The summed E-state index contributed by atoms with van der Waals surface area (Å²) in [4.78, 5) is 0. The largest absolute Gasteiger partial charge is 0.376 e. The third kappa shape index (κ3) is 4.07. The highest BCUT2D eigenvalue weighted by molar-refractivity contribution is 5.31. The van der Waals surface area contributed by atoms with Crippen molar-refractivity contribution in [1.82, 2.24) is 5.32 Å². The molecule has 0 radical (unpaired) electrons. The van der Waals surface area contributed by atoms with Gasteiger partial charge >= 0.3 is 0 Å². The lowest BCUT2D eigenvalue weighted by molar-refractivity contribution is -0.0114. The molecule has 2 nitrogen and oxygen atoms in total. The minimum absolute atomic E-state index is 0.0300. The zero-order valence-electron chi connectivity index (χ0n) is 13.4. The summed E-state index contributed by atoms with van der Waals surface area (Å²) in [5.41, 5.74) is 2.98. The van der Waals surface area contributed by atoms with E-state index in [1.54, 1.807) is 0 Å². The average molecular weight is 275 g/mol. The Balaban J connectivity index is 2.06. The number of ether oxygens (including phenoxy) is 1. The predicted octanol–water partition coefficient (Wildman–Crippen LogP) is 4.10. The summed E-state index contributed by atoms with van der Waals surface area (Å²) in [5, 5.41) is 3.54. The van der Waals surface area contributed by atoms with E-state index in [-0.39, 0.29) is 5.60 Å². The Bertz CT molecular complexity index is 422. The highest BCUT2D eigenvalue weighted by Gasteiger charge is 2.26. The molecule has 112 valence electrons. The van der Waals surface area contributed by atoms with Crippen molar-refractivity contribution in [1.29, 1.82) is 0 Å². The lowest BCUT2D eigenvalue weighted by atomic mass is 9.88. The SMILES string of the molecule is CNC1c2ccccc2CCCC1CCOC(C)(C)C. The van der Waals surface area contributed by atoms with Crippen molar-refractivity contribution in [3.63, 3.8) is 0 Å². The Morgan fingerprint density at radius 3 is 2.70 bits per heavy atom. The maximum absolute atomic E-state index is 5.93. The van der Waals surface area contributed by atoms with E-state index < -0.39 is 0 Å². The fourth-order valence-electron chi connectivity index (χ4n) is 3.26. The molecular weight excluding hydrogens is 246 g/mol. The molecule has 1 aliphatic carbocycles. The second-order valence-corrected chi connectivity index (χ2v) is 6.87. The minimum Gasteiger partial charge on any atom is -0.376 e. The van der Waals surface area contributed by atoms with Gasteiger partial charge in [-0.05, 0) is 70.5 Å². The van der Waals surface area contributed by atoms with Gasteiger partial charge in [0.2, 0.25) is 0 Å². The molecule has 0 saturated heterocycles. The first-order chi connectivity index (χ1) is 9.51. The molecule has 1 N–H and O–H groups in total. The molecule has 0 saturated carbocycles. The van der Waals surface area contributed by atoms with Crippen molar-refractivity contribution in [3.05, 3.63) is 35.4 Å². The van der Waals surface area contributed by atoms with Crippen molar-refractivity contribution in [3.8, 4) is 0 Å². The van der Waals surface area contributed by atoms with Crippen LogP contribution in [0.25, 0.3) is 0 Å². The molecule has 0 aliphatic heterocycles. The smallest absolute Gasteiger partial charge is 0.0598 e. The maximum atomic E-state index is 5.93. The molecule has 0 spiro atoms. The lowest BCUT2D eigenvalue weighted by Gasteiger charge is -2.28. The van der Waals surface area contributed by atoms with Gasteiger partial charge in [-0.2, -0.15) is 0 Å². The maximum Gasteiger partial charge on any atom is 0.0598 e. The van der Waals surface area contributed by atoms with Gasteiger partial charge in [0.05, 0.1) is 5.60 Å². The highest BCUT2D eigenvalue weighted by Crippen LogP contribution is 2.35. The quantitative estimate of drug-likeness (QED) is 0.835. The van der Waals surface area contributed by atoms with Crippen molar-refractivity contribution in [2.75, 3.05) is 13.7 Å². The standard InChI is InChI=1S/C18H29NO/c1-18(2,3)20-13-12-15-10-7-9-14-8-5-6-11-16(14)17(15)19-4/h5-6,8,11,15,17,19H,7,9-10,12-13H2,1-4H3. The molecule has 0 aromatic heterocycles. The third-order valence-corrected chi connectivity index (χ3v) is 4.22. The van der Waals surface area contributed by atoms with Crippen molar-refractivity contribution in [2.45, 2.75) is 58.1 Å². The number of nitrogens with one attached hydrogen (secondary N) is 1. The zero-order valence-corrected chi connectivity index (χ0v) is 13.4. The fraction of sp³-hybridized carbons (Fsp3) is 0.667. The van der Waals surface area contributed by atoms with Crippen LogP contribution in [0.2, 0.25) is 0 Å². The summed E-state index contributed by atoms with van der Waals surface area (Å²) in [6, 6.07) is 9.37. The Hall–Kier alpha value is -0.860. The van der Waals surface area contributed by atoms with E-state index in [2.05, 4.69) is 57.4 Å². The topological polar surface area (TPSA) is 21.3 Å². The summed E-state index contributed by atoms with van der Waals surface area (Å²) in [6.45, 7) is 7.25. The molecule has 2 atom stereocenters. The minimum atomic E-state index is -0.0300. The Labute approximate surface area is 123 Å². The van der Waals surface area contributed by atoms with Crippen LogP contribution in [-0.4, -0.2) is 19.3 Å². The number of fused-ring (bicyclic) bond motifs is 1. The summed E-state index contributed by atoms with van der Waals surface area (Å²) in [6.07, 6.45) is 4.92. The third-order valence-electron chi connectivity index (χ3n) is 4.22. The second kappa shape index (κ2) is 6.73. The van der Waals surface area contributed by atoms with Crippen LogP contribution in [0.15, 0.2) is 24.3 Å². The number of aryl methyl sites for hydroxylation is 1. The molecule has 1 aliphatic rings. The van der Waals surface area contributed by atoms with Gasteiger partial charge in [0.15, 0.2) is 0 Å². The summed E-state index contributed by atoms with van der Waals surface area (Å²) < 4.78 is 5.93. The average Bonchev–Trinajstić information content (AvgIpc) is 2.56. The van der Waals surface area contributed by atoms with Crippen molar-refractivity contribution < 1.29 is 4.74 Å². The van der Waals surface area contributed by atoms with Gasteiger partial charge in [-0.1, -0.05) is 24.3 Å². The fourth-order valence-corrected chi connectivity index (χ4v) is 3.26. The zero-order chi connectivity index (χ0) is 14.6. The van der Waals surface area contributed by atoms with E-state index in [4.69, 9.17) is 4.74 Å². The summed E-state index contributed by atoms with van der Waals surface area (Å²) in [5.74, 6) is 0.672. The van der Waals surface area contributed by atoms with Gasteiger partial charge in [0, 0.05) is 12.6 Å². The highest BCUT2D eigenvalue weighted by atomic mass is 16.5. The van der Waals surface area contributed by atoms with Gasteiger partial charge in [-0.3, -0.25) is 0 Å². The molecule has 0 bridgehead atoms. The molecule has 1 aromatic carbocycles. The van der Waals surface area contributed by atoms with Crippen LogP contribution in [0.5, 0.6) is 0 Å². The van der Waals surface area contributed by atoms with E-state index in [9.17, 15) is 0 Å². The van der Waals surface area contributed by atoms with E-state index >= 15 is 0 Å². The lowest BCUT2D eigenvalue weighted by Crippen LogP contribution is -2.27. The Morgan fingerprint density at radius 1 is 1.25 bits per heavy atom. The van der Waals surface area contributed by atoms with Crippen LogP contribution in [0.4, 0.5) is 0 Å². The number of hydrogen-bond donors (Lipinski definition) is 1. The van der Waals surface area contributed by atoms with Crippen LogP contribution < -0.4 is 5.32 Å². The first kappa shape index (κ1) is 15.5. The second-order valence-electron chi connectivity index (χ2n) is 6.87. The predicted molar refractivity (Wildman–Crippen MR) is 85.0 cm³/mol. The van der Waals surface area contributed by atoms with Gasteiger partial charge < -0.3 is 10.1 Å². The molecule has 20 heavy (non-hydrogen) atoms. The molecule has 1 aromatic rings. The van der Waals surface area contributed by atoms with E-state index in [0.717, 1.165) is 13.0 Å². The van der Waals surface area contributed by atoms with E-state index in [1.807, 2.05) is 0 Å². The van der Waals surface area contributed by atoms with Gasteiger partial charge in [0.25, 0.3) is 0 Å². The van der Waals surface area contributed by atoms with Crippen LogP contribution in [0, 0.1) is 5.92 Å². The van der Waals surface area contributed by atoms with Gasteiger partial charge in [-0.25, -0.2) is 0 Å². The van der Waals surface area contributed by atoms with Gasteiger partial charge in [-0.15, -0.1) is 0 Å². The van der Waals surface area contributed by atoms with E-state index in [0.29, 0.717) is 12.0 Å². The first-order valence-electron chi connectivity index (χ1n) is 7.90. The molecule has 2 heteroatoms. The summed E-state index contributed by atoms with van der Waals surface area (Å²) in [7, 11) is 2.09. The van der Waals surface area contributed by atoms with Crippen molar-refractivity contribution in [2.24, 2.45) is 5.92 Å².